The van der Waals surface area contributed by atoms with E-state index < -0.39 is 0 Å². The van der Waals surface area contributed by atoms with Crippen molar-refractivity contribution in [3.63, 3.8) is 0 Å². The number of carbonyl (C=O) groups excluding carboxylic acids is 1. The molecule has 0 spiro atoms. The van der Waals surface area contributed by atoms with E-state index in [0.29, 0.717) is 6.04 Å². The zero-order chi connectivity index (χ0) is 11.1. The van der Waals surface area contributed by atoms with Gasteiger partial charge >= 0.3 is 6.03 Å². The number of rotatable bonds is 4. The first kappa shape index (κ1) is 12.3. The fourth-order valence-electron chi connectivity index (χ4n) is 1.90. The van der Waals surface area contributed by atoms with E-state index in [2.05, 4.69) is 22.9 Å². The third-order valence-corrected chi connectivity index (χ3v) is 2.85. The normalized spacial score (nSPS) is 23.2. The second kappa shape index (κ2) is 6.67. The minimum absolute atomic E-state index is 0.0447. The number of piperidine rings is 1. The Morgan fingerprint density at radius 1 is 1.53 bits per heavy atom. The van der Waals surface area contributed by atoms with Crippen molar-refractivity contribution in [1.29, 1.82) is 0 Å². The Balaban J connectivity index is 2.21. The van der Waals surface area contributed by atoms with Crippen molar-refractivity contribution in [2.45, 2.75) is 51.6 Å². The number of nitrogens with one attached hydrogen (secondary N) is 3. The summed E-state index contributed by atoms with van der Waals surface area (Å²) >= 11 is 0. The Kier molecular flexibility index (Phi) is 5.47. The van der Waals surface area contributed by atoms with Crippen molar-refractivity contribution in [3.05, 3.63) is 0 Å². The Hall–Kier alpha value is -0.770. The highest BCUT2D eigenvalue weighted by Gasteiger charge is 2.20. The Bertz CT molecular complexity index is 190. The summed E-state index contributed by atoms with van der Waals surface area (Å²) < 4.78 is 0. The zero-order valence-corrected chi connectivity index (χ0v) is 9.81. The van der Waals surface area contributed by atoms with E-state index in [1.165, 1.54) is 12.8 Å². The summed E-state index contributed by atoms with van der Waals surface area (Å²) in [6.07, 6.45) is 4.66. The first-order valence-corrected chi connectivity index (χ1v) is 6.01. The molecule has 0 radical (unpaired) electrons. The van der Waals surface area contributed by atoms with Crippen molar-refractivity contribution < 1.29 is 4.79 Å². The molecule has 4 heteroatoms. The molecule has 0 aromatic rings. The van der Waals surface area contributed by atoms with Gasteiger partial charge in [-0.15, -0.1) is 0 Å². The van der Waals surface area contributed by atoms with Gasteiger partial charge < -0.3 is 16.0 Å². The van der Waals surface area contributed by atoms with E-state index in [1.54, 1.807) is 0 Å². The molecule has 4 nitrogen and oxygen atoms in total. The van der Waals surface area contributed by atoms with Gasteiger partial charge in [-0.25, -0.2) is 4.79 Å². The van der Waals surface area contributed by atoms with Gasteiger partial charge in [0.05, 0.1) is 0 Å². The number of carbonyl (C=O) groups is 1. The highest BCUT2D eigenvalue weighted by Crippen LogP contribution is 2.09. The van der Waals surface area contributed by atoms with E-state index in [4.69, 9.17) is 0 Å². The summed E-state index contributed by atoms with van der Waals surface area (Å²) in [6.45, 7) is 5.94. The first-order valence-electron chi connectivity index (χ1n) is 6.01. The molecule has 1 fully saturated rings. The predicted octanol–water partition coefficient (Wildman–Crippen LogP) is 1.23. The fraction of sp³-hybridized carbons (Fsp3) is 0.909. The minimum Gasteiger partial charge on any atom is -0.338 e. The quantitative estimate of drug-likeness (QED) is 0.658. The molecular weight excluding hydrogens is 190 g/mol. The van der Waals surface area contributed by atoms with Gasteiger partial charge in [0.15, 0.2) is 0 Å². The molecule has 2 atom stereocenters. The molecule has 3 N–H and O–H groups in total. The van der Waals surface area contributed by atoms with Crippen LogP contribution in [0.1, 0.15) is 39.5 Å². The van der Waals surface area contributed by atoms with Gasteiger partial charge in [-0.3, -0.25) is 0 Å². The largest absolute Gasteiger partial charge is 0.338 e. The molecular formula is C11H23N3O. The molecule has 1 saturated heterocycles. The van der Waals surface area contributed by atoms with Gasteiger partial charge in [0.25, 0.3) is 0 Å². The van der Waals surface area contributed by atoms with Crippen molar-refractivity contribution in [2.24, 2.45) is 0 Å². The van der Waals surface area contributed by atoms with Crippen LogP contribution in [0, 0.1) is 0 Å². The molecule has 2 unspecified atom stereocenters. The molecule has 0 aromatic heterocycles. The Morgan fingerprint density at radius 3 is 2.93 bits per heavy atom. The molecule has 1 heterocycles. The minimum atomic E-state index is -0.0447. The lowest BCUT2D eigenvalue weighted by molar-refractivity contribution is 0.231. The van der Waals surface area contributed by atoms with Crippen LogP contribution >= 0.6 is 0 Å². The maximum atomic E-state index is 11.4. The lowest BCUT2D eigenvalue weighted by Gasteiger charge is -2.29. The topological polar surface area (TPSA) is 53.2 Å². The van der Waals surface area contributed by atoms with Crippen molar-refractivity contribution >= 4 is 6.03 Å². The van der Waals surface area contributed by atoms with E-state index >= 15 is 0 Å². The number of hydrogen-bond acceptors (Lipinski definition) is 2. The van der Waals surface area contributed by atoms with E-state index in [1.807, 2.05) is 6.92 Å². The summed E-state index contributed by atoms with van der Waals surface area (Å²) in [7, 11) is 0. The van der Waals surface area contributed by atoms with Crippen LogP contribution in [0.15, 0.2) is 0 Å². The zero-order valence-electron chi connectivity index (χ0n) is 9.81. The molecule has 88 valence electrons. The van der Waals surface area contributed by atoms with E-state index in [-0.39, 0.29) is 12.1 Å². The summed E-state index contributed by atoms with van der Waals surface area (Å²) in [5.74, 6) is 0. The second-order valence-electron chi connectivity index (χ2n) is 4.25. The van der Waals surface area contributed by atoms with Crippen molar-refractivity contribution in [1.82, 2.24) is 16.0 Å². The lowest BCUT2D eigenvalue weighted by Crippen LogP contribution is -2.52. The molecule has 0 saturated carbocycles. The van der Waals surface area contributed by atoms with E-state index in [9.17, 15) is 4.79 Å². The molecule has 1 aliphatic heterocycles. The molecule has 15 heavy (non-hydrogen) atoms. The van der Waals surface area contributed by atoms with Crippen LogP contribution < -0.4 is 16.0 Å². The standard InChI is InChI=1S/C11H23N3O/c1-3-7-13-11(15)14-9(2)10-6-4-5-8-12-10/h9-10,12H,3-8H2,1-2H3,(H2,13,14,15). The molecule has 0 bridgehead atoms. The van der Waals surface area contributed by atoms with Crippen LogP contribution in [-0.4, -0.2) is 31.2 Å². The predicted molar refractivity (Wildman–Crippen MR) is 61.9 cm³/mol. The third-order valence-electron chi connectivity index (χ3n) is 2.85. The lowest BCUT2D eigenvalue weighted by atomic mass is 9.99. The van der Waals surface area contributed by atoms with Crippen LogP contribution in [0.2, 0.25) is 0 Å². The van der Waals surface area contributed by atoms with Gasteiger partial charge in [-0.1, -0.05) is 13.3 Å². The second-order valence-corrected chi connectivity index (χ2v) is 4.25. The summed E-state index contributed by atoms with van der Waals surface area (Å²) in [6, 6.07) is 0.602. The van der Waals surface area contributed by atoms with Gasteiger partial charge in [0, 0.05) is 18.6 Å². The Morgan fingerprint density at radius 2 is 2.33 bits per heavy atom. The van der Waals surface area contributed by atoms with Gasteiger partial charge in [-0.05, 0) is 32.7 Å². The van der Waals surface area contributed by atoms with Crippen LogP contribution in [0.5, 0.6) is 0 Å². The Labute approximate surface area is 92.2 Å². The first-order chi connectivity index (χ1) is 7.24. The molecule has 0 aliphatic carbocycles. The maximum Gasteiger partial charge on any atom is 0.315 e. The van der Waals surface area contributed by atoms with Crippen LogP contribution in [0.4, 0.5) is 4.79 Å². The van der Waals surface area contributed by atoms with Crippen LogP contribution in [0.3, 0.4) is 0 Å². The van der Waals surface area contributed by atoms with Gasteiger partial charge in [0.1, 0.15) is 0 Å². The number of hydrogen-bond donors (Lipinski definition) is 3. The number of amides is 2. The average Bonchev–Trinajstić information content (AvgIpc) is 2.27. The molecule has 2 amide bonds. The molecule has 1 rings (SSSR count). The average molecular weight is 213 g/mol. The highest BCUT2D eigenvalue weighted by molar-refractivity contribution is 5.74. The SMILES string of the molecule is CCCNC(=O)NC(C)C1CCCCN1. The molecule has 0 aromatic carbocycles. The monoisotopic (exact) mass is 213 g/mol. The maximum absolute atomic E-state index is 11.4. The van der Waals surface area contributed by atoms with Crippen molar-refractivity contribution in [3.8, 4) is 0 Å². The summed E-state index contributed by atoms with van der Waals surface area (Å²) in [5.41, 5.74) is 0. The fourth-order valence-corrected chi connectivity index (χ4v) is 1.90. The van der Waals surface area contributed by atoms with Gasteiger partial charge in [0.2, 0.25) is 0 Å². The number of urea groups is 1. The summed E-state index contributed by atoms with van der Waals surface area (Å²) in [5, 5.41) is 9.23. The smallest absolute Gasteiger partial charge is 0.315 e. The van der Waals surface area contributed by atoms with Crippen LogP contribution in [-0.2, 0) is 0 Å². The van der Waals surface area contributed by atoms with Crippen molar-refractivity contribution in [2.75, 3.05) is 13.1 Å². The summed E-state index contributed by atoms with van der Waals surface area (Å²) in [4.78, 5) is 11.4. The molecule has 1 aliphatic rings. The third kappa shape index (κ3) is 4.51. The van der Waals surface area contributed by atoms with Crippen LogP contribution in [0.25, 0.3) is 0 Å². The van der Waals surface area contributed by atoms with E-state index in [0.717, 1.165) is 25.9 Å². The highest BCUT2D eigenvalue weighted by atomic mass is 16.2. The van der Waals surface area contributed by atoms with Gasteiger partial charge in [-0.2, -0.15) is 0 Å².